The molecule has 0 radical (unpaired) electrons. The highest BCUT2D eigenvalue weighted by Crippen LogP contribution is 2.30. The first-order chi connectivity index (χ1) is 9.42. The first-order valence-corrected chi connectivity index (χ1v) is 6.97. The zero-order valence-corrected chi connectivity index (χ0v) is 12.2. The Hall–Kier alpha value is -1.40. The van der Waals surface area contributed by atoms with Crippen molar-refractivity contribution < 1.29 is 19.1 Å². The lowest BCUT2D eigenvalue weighted by molar-refractivity contribution is 0.0141. The predicted molar refractivity (Wildman–Crippen MR) is 72.2 cm³/mol. The third kappa shape index (κ3) is 3.19. The second-order valence-electron chi connectivity index (χ2n) is 5.76. The lowest BCUT2D eigenvalue weighted by atomic mass is 9.92. The molecular formula is C14H22N2O4. The number of amides is 1. The molecule has 1 amide bonds. The van der Waals surface area contributed by atoms with Gasteiger partial charge in [-0.25, -0.2) is 4.98 Å². The highest BCUT2D eigenvalue weighted by molar-refractivity contribution is 5.93. The fourth-order valence-electron chi connectivity index (χ4n) is 1.99. The van der Waals surface area contributed by atoms with Gasteiger partial charge in [0.1, 0.15) is 6.10 Å². The first kappa shape index (κ1) is 15.0. The summed E-state index contributed by atoms with van der Waals surface area (Å²) in [5.41, 5.74) is -0.708. The topological polar surface area (TPSA) is 84.6 Å². The molecule has 1 aliphatic rings. The fourth-order valence-corrected chi connectivity index (χ4v) is 1.99. The zero-order valence-electron chi connectivity index (χ0n) is 12.2. The van der Waals surface area contributed by atoms with Crippen molar-refractivity contribution in [2.24, 2.45) is 5.92 Å². The molecule has 2 N–H and O–H groups in total. The van der Waals surface area contributed by atoms with E-state index in [1.807, 2.05) is 13.8 Å². The third-order valence-corrected chi connectivity index (χ3v) is 3.88. The average molecular weight is 282 g/mol. The zero-order chi connectivity index (χ0) is 14.8. The van der Waals surface area contributed by atoms with Crippen molar-refractivity contribution in [3.05, 3.63) is 17.8 Å². The van der Waals surface area contributed by atoms with Crippen LogP contribution in [-0.2, 0) is 4.74 Å². The second kappa shape index (κ2) is 5.93. The van der Waals surface area contributed by atoms with Crippen LogP contribution in [0.1, 0.15) is 56.0 Å². The summed E-state index contributed by atoms with van der Waals surface area (Å²) in [7, 11) is 0. The summed E-state index contributed by atoms with van der Waals surface area (Å²) in [6.07, 6.45) is 2.85. The van der Waals surface area contributed by atoms with Crippen LogP contribution < -0.4 is 5.32 Å². The van der Waals surface area contributed by atoms with Crippen LogP contribution in [0.25, 0.3) is 0 Å². The van der Waals surface area contributed by atoms with Gasteiger partial charge in [-0.3, -0.25) is 4.79 Å². The molecule has 0 bridgehead atoms. The number of carbonyl (C=O) groups excluding carboxylic acids is 1. The van der Waals surface area contributed by atoms with Crippen molar-refractivity contribution in [2.75, 3.05) is 13.2 Å². The molecule has 0 aliphatic carbocycles. The van der Waals surface area contributed by atoms with Crippen LogP contribution in [0.15, 0.2) is 10.8 Å². The molecule has 20 heavy (non-hydrogen) atoms. The summed E-state index contributed by atoms with van der Waals surface area (Å²) < 4.78 is 10.8. The molecule has 2 rings (SSSR count). The molecule has 2 heterocycles. The van der Waals surface area contributed by atoms with E-state index in [0.29, 0.717) is 12.4 Å². The minimum absolute atomic E-state index is 0.0396. The molecular weight excluding hydrogens is 260 g/mol. The van der Waals surface area contributed by atoms with Crippen molar-refractivity contribution >= 4 is 5.91 Å². The number of oxazole rings is 1. The van der Waals surface area contributed by atoms with Crippen LogP contribution in [0.5, 0.6) is 0 Å². The van der Waals surface area contributed by atoms with Crippen LogP contribution in [-0.4, -0.2) is 34.8 Å². The maximum absolute atomic E-state index is 12.2. The lowest BCUT2D eigenvalue weighted by Crippen LogP contribution is -2.44. The number of carbonyl (C=O) groups is 1. The van der Waals surface area contributed by atoms with Gasteiger partial charge < -0.3 is 19.6 Å². The normalized spacial score (nSPS) is 21.9. The van der Waals surface area contributed by atoms with Crippen LogP contribution in [0.3, 0.4) is 0 Å². The molecule has 2 unspecified atom stereocenters. The van der Waals surface area contributed by atoms with Crippen LogP contribution in [0.2, 0.25) is 0 Å². The van der Waals surface area contributed by atoms with E-state index in [-0.39, 0.29) is 30.2 Å². The number of hydrogen-bond acceptors (Lipinski definition) is 5. The van der Waals surface area contributed by atoms with Gasteiger partial charge in [-0.1, -0.05) is 13.8 Å². The monoisotopic (exact) mass is 282 g/mol. The lowest BCUT2D eigenvalue weighted by Gasteiger charge is -2.27. The molecule has 1 aromatic rings. The smallest absolute Gasteiger partial charge is 0.273 e. The van der Waals surface area contributed by atoms with E-state index in [2.05, 4.69) is 10.3 Å². The molecule has 2 atom stereocenters. The maximum atomic E-state index is 12.2. The van der Waals surface area contributed by atoms with Gasteiger partial charge in [0.15, 0.2) is 17.8 Å². The molecule has 6 heteroatoms. The van der Waals surface area contributed by atoms with E-state index in [4.69, 9.17) is 9.15 Å². The minimum Gasteiger partial charge on any atom is -0.445 e. The summed E-state index contributed by atoms with van der Waals surface area (Å²) in [4.78, 5) is 16.1. The van der Waals surface area contributed by atoms with Gasteiger partial charge in [-0.2, -0.15) is 0 Å². The van der Waals surface area contributed by atoms with Gasteiger partial charge in [-0.05, 0) is 25.7 Å². The van der Waals surface area contributed by atoms with E-state index in [1.54, 1.807) is 6.92 Å². The van der Waals surface area contributed by atoms with E-state index in [0.717, 1.165) is 12.8 Å². The minimum atomic E-state index is -0.955. The van der Waals surface area contributed by atoms with Gasteiger partial charge in [0, 0.05) is 13.2 Å². The van der Waals surface area contributed by atoms with Crippen molar-refractivity contribution in [3.63, 3.8) is 0 Å². The fraction of sp³-hybridized carbons (Fsp3) is 0.714. The van der Waals surface area contributed by atoms with Gasteiger partial charge in [0.25, 0.3) is 5.91 Å². The largest absolute Gasteiger partial charge is 0.445 e. The van der Waals surface area contributed by atoms with E-state index < -0.39 is 5.60 Å². The Balaban J connectivity index is 2.01. The summed E-state index contributed by atoms with van der Waals surface area (Å²) in [6, 6.07) is 0. The molecule has 6 nitrogen and oxygen atoms in total. The summed E-state index contributed by atoms with van der Waals surface area (Å²) in [5.74, 6) is 0.173. The van der Waals surface area contributed by atoms with Crippen molar-refractivity contribution in [3.8, 4) is 0 Å². The van der Waals surface area contributed by atoms with E-state index in [1.165, 1.54) is 6.39 Å². The van der Waals surface area contributed by atoms with Crippen LogP contribution in [0, 0.1) is 5.92 Å². The summed E-state index contributed by atoms with van der Waals surface area (Å²) >= 11 is 0. The molecule has 0 saturated carbocycles. The van der Waals surface area contributed by atoms with E-state index >= 15 is 0 Å². The Bertz CT molecular complexity index is 461. The van der Waals surface area contributed by atoms with Gasteiger partial charge in [-0.15, -0.1) is 0 Å². The number of nitrogens with zero attached hydrogens (tertiary/aromatic N) is 1. The molecule has 1 aromatic heterocycles. The van der Waals surface area contributed by atoms with Crippen molar-refractivity contribution in [1.29, 1.82) is 0 Å². The molecule has 112 valence electrons. The standard InChI is InChI=1S/C14H22N2O4/c1-9(2)14(3,18)7-15-13(17)11-12(20-8-16-11)10-5-4-6-19-10/h8-10,18H,4-7H2,1-3H3,(H,15,17). The SMILES string of the molecule is CC(C)C(C)(O)CNC(=O)c1ncoc1C1CCCO1. The number of rotatable bonds is 5. The molecule has 1 aliphatic heterocycles. The highest BCUT2D eigenvalue weighted by Gasteiger charge is 2.30. The number of hydrogen-bond donors (Lipinski definition) is 2. The maximum Gasteiger partial charge on any atom is 0.273 e. The first-order valence-electron chi connectivity index (χ1n) is 6.97. The highest BCUT2D eigenvalue weighted by atomic mass is 16.5. The Morgan fingerprint density at radius 3 is 3.00 bits per heavy atom. The molecule has 0 spiro atoms. The van der Waals surface area contributed by atoms with Crippen molar-refractivity contribution in [1.82, 2.24) is 10.3 Å². The molecule has 0 aromatic carbocycles. The van der Waals surface area contributed by atoms with Gasteiger partial charge in [0.05, 0.1) is 5.60 Å². The number of ether oxygens (including phenoxy) is 1. The Labute approximate surface area is 118 Å². The molecule has 1 saturated heterocycles. The van der Waals surface area contributed by atoms with Crippen molar-refractivity contribution in [2.45, 2.75) is 45.3 Å². The average Bonchev–Trinajstić information content (AvgIpc) is 3.05. The Kier molecular flexibility index (Phi) is 4.45. The number of nitrogens with one attached hydrogen (secondary N) is 1. The van der Waals surface area contributed by atoms with Gasteiger partial charge >= 0.3 is 0 Å². The van der Waals surface area contributed by atoms with Gasteiger partial charge in [0.2, 0.25) is 0 Å². The van der Waals surface area contributed by atoms with Crippen LogP contribution >= 0.6 is 0 Å². The summed E-state index contributed by atoms with van der Waals surface area (Å²) in [6.45, 7) is 6.34. The third-order valence-electron chi connectivity index (χ3n) is 3.88. The predicted octanol–water partition coefficient (Wildman–Crippen LogP) is 1.66. The molecule has 1 fully saturated rings. The quantitative estimate of drug-likeness (QED) is 0.858. The summed E-state index contributed by atoms with van der Waals surface area (Å²) in [5, 5.41) is 12.8. The second-order valence-corrected chi connectivity index (χ2v) is 5.76. The Morgan fingerprint density at radius 1 is 1.65 bits per heavy atom. The number of aliphatic hydroxyl groups is 1. The number of aromatic nitrogens is 1. The van der Waals surface area contributed by atoms with E-state index in [9.17, 15) is 9.90 Å². The van der Waals surface area contributed by atoms with Crippen LogP contribution in [0.4, 0.5) is 0 Å². The Morgan fingerprint density at radius 2 is 2.40 bits per heavy atom.